The van der Waals surface area contributed by atoms with Crippen molar-refractivity contribution in [2.75, 3.05) is 6.61 Å². The van der Waals surface area contributed by atoms with Gasteiger partial charge in [-0.25, -0.2) is 0 Å². The predicted octanol–water partition coefficient (Wildman–Crippen LogP) is 13.8. The first-order valence-electron chi connectivity index (χ1n) is 21.0. The second-order valence-corrected chi connectivity index (χ2v) is 35.1. The van der Waals surface area contributed by atoms with Crippen LogP contribution >= 0.6 is 0 Å². The molecule has 0 aromatic heterocycles. The molecule has 3 fully saturated rings. The van der Waals surface area contributed by atoms with Gasteiger partial charge in [0.05, 0.1) is 23.9 Å². The van der Waals surface area contributed by atoms with Crippen LogP contribution in [0.15, 0.2) is 35.5 Å². The van der Waals surface area contributed by atoms with Gasteiger partial charge in [-0.3, -0.25) is 0 Å². The molecule has 3 saturated carbocycles. The Kier molecular flexibility index (Phi) is 14.9. The molecule has 296 valence electrons. The van der Waals surface area contributed by atoms with Gasteiger partial charge < -0.3 is 18.0 Å². The molecule has 0 aromatic carbocycles. The number of ether oxygens (including phenoxy) is 1. The summed E-state index contributed by atoms with van der Waals surface area (Å²) < 4.78 is 27.7. The summed E-state index contributed by atoms with van der Waals surface area (Å²) in [7, 11) is -5.53. The maximum Gasteiger partial charge on any atom is 0.192 e. The molecule has 0 radical (unpaired) electrons. The fraction of sp³-hybridized carbons (Fsp3) is 0.864. The maximum atomic E-state index is 7.12. The summed E-state index contributed by atoms with van der Waals surface area (Å²) in [5.74, 6) is 1.24. The lowest BCUT2D eigenvalue weighted by Gasteiger charge is -2.45. The smallest absolute Gasteiger partial charge is 0.192 e. The zero-order chi connectivity index (χ0) is 38.8. The molecule has 0 bridgehead atoms. The Hall–Kier alpha value is -0.289. The SMILES string of the molecule is C=C1/C(=C\C=C2/CCC[C@]3(C)[C@@H]([C@@H](C)OCCCC(CC)(CC)O[Si](C)(C)C)CC[C@@H]23)C[C@@H](O[Si](C)(C)C(C)(C)C)C[C@@H]1O[Si](C)(C)C(C)(C)C. The average molecular weight is 761 g/mol. The average Bonchev–Trinajstić information content (AvgIpc) is 3.35. The zero-order valence-electron chi connectivity index (χ0n) is 36.9. The molecule has 0 heterocycles. The second-order valence-electron chi connectivity index (χ2n) is 21.1. The van der Waals surface area contributed by atoms with Gasteiger partial charge in [0.2, 0.25) is 0 Å². The van der Waals surface area contributed by atoms with E-state index in [0.29, 0.717) is 17.3 Å². The van der Waals surface area contributed by atoms with Crippen LogP contribution in [-0.4, -0.2) is 55.5 Å². The summed E-state index contributed by atoms with van der Waals surface area (Å²) in [5.41, 5.74) is 4.48. The van der Waals surface area contributed by atoms with Crippen molar-refractivity contribution < 1.29 is 18.0 Å². The highest BCUT2D eigenvalue weighted by Crippen LogP contribution is 2.59. The Morgan fingerprint density at radius 2 is 1.47 bits per heavy atom. The number of allylic oxidation sites excluding steroid dienone is 3. The highest BCUT2D eigenvalue weighted by Gasteiger charge is 2.51. The first-order chi connectivity index (χ1) is 23.2. The number of hydrogen-bond donors (Lipinski definition) is 0. The van der Waals surface area contributed by atoms with Gasteiger partial charge in [0.25, 0.3) is 0 Å². The minimum absolute atomic E-state index is 0.0104. The van der Waals surface area contributed by atoms with Crippen LogP contribution < -0.4 is 0 Å². The van der Waals surface area contributed by atoms with Crippen LogP contribution in [0.1, 0.15) is 140 Å². The molecular weight excluding hydrogens is 677 g/mol. The van der Waals surface area contributed by atoms with E-state index in [2.05, 4.69) is 127 Å². The van der Waals surface area contributed by atoms with Crippen LogP contribution in [0.5, 0.6) is 0 Å². The van der Waals surface area contributed by atoms with E-state index in [0.717, 1.165) is 45.1 Å². The molecule has 0 unspecified atom stereocenters. The third-order valence-corrected chi connectivity index (χ3v) is 24.4. The van der Waals surface area contributed by atoms with Crippen LogP contribution in [0.2, 0.25) is 55.9 Å². The quantitative estimate of drug-likeness (QED) is 0.123. The molecule has 0 amide bonds. The molecule has 51 heavy (non-hydrogen) atoms. The van der Waals surface area contributed by atoms with Crippen LogP contribution in [0, 0.1) is 17.3 Å². The van der Waals surface area contributed by atoms with E-state index in [4.69, 9.17) is 24.6 Å². The summed E-state index contributed by atoms with van der Waals surface area (Å²) in [5, 5.41) is 0.323. The third-order valence-electron chi connectivity index (χ3n) is 14.3. The molecule has 0 saturated heterocycles. The topological polar surface area (TPSA) is 36.9 Å². The second kappa shape index (κ2) is 16.8. The first kappa shape index (κ1) is 45.1. The molecule has 3 rings (SSSR count). The Bertz CT molecular complexity index is 1230. The number of rotatable bonds is 15. The molecule has 3 aliphatic carbocycles. The van der Waals surface area contributed by atoms with E-state index in [1.807, 2.05) is 0 Å². The molecule has 0 aromatic rings. The lowest BCUT2D eigenvalue weighted by molar-refractivity contribution is -0.0340. The summed E-state index contributed by atoms with van der Waals surface area (Å²) in [4.78, 5) is 0. The molecule has 6 atom stereocenters. The van der Waals surface area contributed by atoms with Crippen molar-refractivity contribution in [2.45, 2.75) is 220 Å². The van der Waals surface area contributed by atoms with Gasteiger partial charge in [0.1, 0.15) is 0 Å². The van der Waals surface area contributed by atoms with Gasteiger partial charge in [-0.1, -0.05) is 86.6 Å². The van der Waals surface area contributed by atoms with Crippen molar-refractivity contribution >= 4 is 25.0 Å². The van der Waals surface area contributed by atoms with Gasteiger partial charge >= 0.3 is 0 Å². The van der Waals surface area contributed by atoms with E-state index in [1.54, 1.807) is 5.57 Å². The number of hydrogen-bond acceptors (Lipinski definition) is 4. The largest absolute Gasteiger partial charge is 0.413 e. The van der Waals surface area contributed by atoms with Gasteiger partial charge in [0.15, 0.2) is 25.0 Å². The Labute approximate surface area is 320 Å². The maximum absolute atomic E-state index is 7.12. The van der Waals surface area contributed by atoms with Gasteiger partial charge in [-0.15, -0.1) is 0 Å². The Morgan fingerprint density at radius 3 is 2.02 bits per heavy atom. The van der Waals surface area contributed by atoms with Crippen LogP contribution in [-0.2, 0) is 18.0 Å². The van der Waals surface area contributed by atoms with Gasteiger partial charge in [0, 0.05) is 13.0 Å². The highest BCUT2D eigenvalue weighted by molar-refractivity contribution is 6.74. The van der Waals surface area contributed by atoms with E-state index < -0.39 is 25.0 Å². The molecule has 0 aliphatic heterocycles. The van der Waals surface area contributed by atoms with Crippen molar-refractivity contribution in [3.8, 4) is 0 Å². The minimum Gasteiger partial charge on any atom is -0.413 e. The van der Waals surface area contributed by atoms with Crippen molar-refractivity contribution in [1.29, 1.82) is 0 Å². The fourth-order valence-electron chi connectivity index (χ4n) is 9.04. The lowest BCUT2D eigenvalue weighted by atomic mass is 9.62. The van der Waals surface area contributed by atoms with Crippen molar-refractivity contribution in [3.05, 3.63) is 35.5 Å². The van der Waals surface area contributed by atoms with Crippen LogP contribution in [0.25, 0.3) is 0 Å². The molecule has 4 nitrogen and oxygen atoms in total. The third kappa shape index (κ3) is 11.2. The summed E-state index contributed by atoms with van der Waals surface area (Å²) in [6, 6.07) is 0. The van der Waals surface area contributed by atoms with Crippen molar-refractivity contribution in [3.63, 3.8) is 0 Å². The standard InChI is InChI=1S/C44H84O4Si3/c1-19-44(20-2,48-49(12,13)14)29-22-30-45-34(4)38-26-27-39-35(23-21-28-43(38,39)11)24-25-36-31-37(46-50(15,16)41(5,6)7)32-40(33(36)3)47-51(17,18)42(8,9)10/h24-25,34,37-40H,3,19-23,26-32H2,1-2,4-18H3/b35-24+,36-25-/t34-,37-,38-,39+,40+,43-/m1/s1. The molecule has 3 aliphatic rings. The lowest BCUT2D eigenvalue weighted by Crippen LogP contribution is -2.49. The van der Waals surface area contributed by atoms with Crippen molar-refractivity contribution in [1.82, 2.24) is 0 Å². The van der Waals surface area contributed by atoms with Gasteiger partial charge in [-0.2, -0.15) is 0 Å². The molecule has 0 spiro atoms. The number of fused-ring (bicyclic) bond motifs is 1. The summed E-state index contributed by atoms with van der Waals surface area (Å²) in [6.45, 7) is 45.6. The highest BCUT2D eigenvalue weighted by atomic mass is 28.4. The zero-order valence-corrected chi connectivity index (χ0v) is 39.9. The summed E-state index contributed by atoms with van der Waals surface area (Å²) in [6.07, 6.45) is 17.9. The van der Waals surface area contributed by atoms with E-state index in [1.165, 1.54) is 43.3 Å². The normalized spacial score (nSPS) is 29.5. The van der Waals surface area contributed by atoms with Gasteiger partial charge in [-0.05, 0) is 155 Å². The van der Waals surface area contributed by atoms with E-state index >= 15 is 0 Å². The summed E-state index contributed by atoms with van der Waals surface area (Å²) >= 11 is 0. The van der Waals surface area contributed by atoms with E-state index in [9.17, 15) is 0 Å². The molecular formula is C44H84O4Si3. The predicted molar refractivity (Wildman–Crippen MR) is 229 cm³/mol. The Balaban J connectivity index is 1.78. The molecule has 7 heteroatoms. The van der Waals surface area contributed by atoms with E-state index in [-0.39, 0.29) is 34.0 Å². The Morgan fingerprint density at radius 1 is 0.882 bits per heavy atom. The first-order valence-corrected chi connectivity index (χ1v) is 30.2. The monoisotopic (exact) mass is 761 g/mol. The minimum atomic E-state index is -1.99. The van der Waals surface area contributed by atoms with Crippen LogP contribution in [0.3, 0.4) is 0 Å². The fourth-order valence-corrected chi connectivity index (χ4v) is 13.4. The van der Waals surface area contributed by atoms with Crippen molar-refractivity contribution in [2.24, 2.45) is 17.3 Å². The van der Waals surface area contributed by atoms with Crippen LogP contribution in [0.4, 0.5) is 0 Å². The molecule has 0 N–H and O–H groups in total.